The van der Waals surface area contributed by atoms with Crippen LogP contribution in [0, 0.1) is 5.82 Å². The molecule has 0 bridgehead atoms. The Balaban J connectivity index is 1.40. The first-order chi connectivity index (χ1) is 16.8. The molecule has 0 saturated carbocycles. The molecule has 1 atom stereocenters. The highest BCUT2D eigenvalue weighted by Crippen LogP contribution is 2.44. The Kier molecular flexibility index (Phi) is 7.10. The number of carboxylic acid groups (broad SMARTS) is 1. The number of carboxylic acids is 1. The molecule has 1 aliphatic carbocycles. The molecular weight excluding hydrogens is 451 g/mol. The summed E-state index contributed by atoms with van der Waals surface area (Å²) in [6, 6.07) is 19.5. The lowest BCUT2D eigenvalue weighted by Crippen LogP contribution is -2.33. The summed E-state index contributed by atoms with van der Waals surface area (Å²) < 4.78 is 20.4. The van der Waals surface area contributed by atoms with Crippen molar-refractivity contribution in [2.45, 2.75) is 31.7 Å². The van der Waals surface area contributed by atoms with Gasteiger partial charge in [0, 0.05) is 18.4 Å². The van der Waals surface area contributed by atoms with Crippen LogP contribution < -0.4 is 10.6 Å². The lowest BCUT2D eigenvalue weighted by Gasteiger charge is -2.16. The molecule has 4 rings (SSSR count). The van der Waals surface area contributed by atoms with Crippen LogP contribution in [0.5, 0.6) is 0 Å². The molecular formula is C27H25FN2O5. The van der Waals surface area contributed by atoms with Crippen molar-refractivity contribution >= 4 is 23.7 Å². The first-order valence-electron chi connectivity index (χ1n) is 11.3. The van der Waals surface area contributed by atoms with Crippen LogP contribution in [0.4, 0.5) is 14.9 Å². The van der Waals surface area contributed by atoms with Crippen LogP contribution in [-0.4, -0.2) is 35.7 Å². The number of amides is 2. The van der Waals surface area contributed by atoms with Crippen molar-refractivity contribution in [3.8, 4) is 11.1 Å². The lowest BCUT2D eigenvalue weighted by atomic mass is 9.98. The average molecular weight is 477 g/mol. The molecule has 180 valence electrons. The molecule has 0 fully saturated rings. The van der Waals surface area contributed by atoms with Crippen molar-refractivity contribution in [3.05, 3.63) is 89.2 Å². The van der Waals surface area contributed by atoms with Crippen LogP contribution in [-0.2, 0) is 9.53 Å². The summed E-state index contributed by atoms with van der Waals surface area (Å²) in [5.74, 6) is -2.71. The predicted molar refractivity (Wildman–Crippen MR) is 129 cm³/mol. The summed E-state index contributed by atoms with van der Waals surface area (Å²) >= 11 is 0. The topological polar surface area (TPSA) is 105 Å². The molecule has 1 aliphatic rings. The molecule has 1 unspecified atom stereocenters. The van der Waals surface area contributed by atoms with Gasteiger partial charge in [-0.15, -0.1) is 0 Å². The molecule has 3 N–H and O–H groups in total. The van der Waals surface area contributed by atoms with Crippen LogP contribution in [0.1, 0.15) is 47.2 Å². The zero-order valence-electron chi connectivity index (χ0n) is 19.1. The second kappa shape index (κ2) is 10.4. The Morgan fingerprint density at radius 2 is 1.60 bits per heavy atom. The summed E-state index contributed by atoms with van der Waals surface area (Å²) in [6.07, 6.45) is -0.744. The molecule has 0 radical (unpaired) electrons. The Morgan fingerprint density at radius 1 is 0.971 bits per heavy atom. The summed E-state index contributed by atoms with van der Waals surface area (Å²) in [5.41, 5.74) is 3.86. The zero-order valence-corrected chi connectivity index (χ0v) is 19.1. The fourth-order valence-corrected chi connectivity index (χ4v) is 4.26. The van der Waals surface area contributed by atoms with Crippen LogP contribution in [0.15, 0.2) is 66.7 Å². The van der Waals surface area contributed by atoms with E-state index >= 15 is 0 Å². The Hall–Kier alpha value is -4.20. The second-order valence-electron chi connectivity index (χ2n) is 8.42. The van der Waals surface area contributed by atoms with Gasteiger partial charge < -0.3 is 15.2 Å². The van der Waals surface area contributed by atoms with Crippen LogP contribution in [0.3, 0.4) is 0 Å². The van der Waals surface area contributed by atoms with Gasteiger partial charge in [-0.05, 0) is 47.7 Å². The highest BCUT2D eigenvalue weighted by Gasteiger charge is 2.29. The minimum absolute atomic E-state index is 0.0722. The highest BCUT2D eigenvalue weighted by atomic mass is 19.1. The van der Waals surface area contributed by atoms with E-state index in [-0.39, 0.29) is 36.6 Å². The normalized spacial score (nSPS) is 12.9. The van der Waals surface area contributed by atoms with Crippen molar-refractivity contribution in [2.24, 2.45) is 0 Å². The van der Waals surface area contributed by atoms with E-state index in [2.05, 4.69) is 10.6 Å². The van der Waals surface area contributed by atoms with Gasteiger partial charge in [0.25, 0.3) is 5.91 Å². The van der Waals surface area contributed by atoms with E-state index in [1.807, 2.05) is 48.5 Å². The monoisotopic (exact) mass is 476 g/mol. The first-order valence-corrected chi connectivity index (χ1v) is 11.3. The molecule has 3 aromatic rings. The molecule has 0 heterocycles. The summed E-state index contributed by atoms with van der Waals surface area (Å²) in [6.45, 7) is 1.71. The Morgan fingerprint density at radius 3 is 2.23 bits per heavy atom. The van der Waals surface area contributed by atoms with Crippen molar-refractivity contribution in [2.75, 3.05) is 11.9 Å². The van der Waals surface area contributed by atoms with E-state index in [1.165, 1.54) is 18.2 Å². The van der Waals surface area contributed by atoms with Crippen molar-refractivity contribution in [3.63, 3.8) is 0 Å². The van der Waals surface area contributed by atoms with E-state index in [0.29, 0.717) is 0 Å². The predicted octanol–water partition coefficient (Wildman–Crippen LogP) is 5.17. The number of nitrogens with one attached hydrogen (secondary N) is 2. The number of fused-ring (bicyclic) bond motifs is 3. The molecule has 2 amide bonds. The van der Waals surface area contributed by atoms with Gasteiger partial charge in [0.2, 0.25) is 0 Å². The van der Waals surface area contributed by atoms with Crippen LogP contribution >= 0.6 is 0 Å². The fourth-order valence-electron chi connectivity index (χ4n) is 4.26. The Labute approximate surface area is 201 Å². The maximum atomic E-state index is 15.0. The van der Waals surface area contributed by atoms with Crippen molar-refractivity contribution in [1.29, 1.82) is 0 Å². The standard InChI is InChI=1S/C27H25FN2O5/c1-16(13-14-24(31)32)29-26(33)21-11-6-12-23(25(21)28)30-27(34)35-15-22-19-9-4-2-7-17(19)18-8-3-5-10-20(18)22/h2-12,16,22H,13-15H2,1H3,(H,29,33)(H,30,34)(H,31,32). The van der Waals surface area contributed by atoms with Gasteiger partial charge in [0.1, 0.15) is 6.61 Å². The van der Waals surface area contributed by atoms with E-state index in [9.17, 15) is 18.8 Å². The number of hydrogen-bond donors (Lipinski definition) is 3. The third-order valence-electron chi connectivity index (χ3n) is 5.99. The summed E-state index contributed by atoms with van der Waals surface area (Å²) in [7, 11) is 0. The zero-order chi connectivity index (χ0) is 24.9. The van der Waals surface area contributed by atoms with Gasteiger partial charge in [-0.25, -0.2) is 9.18 Å². The average Bonchev–Trinajstić information content (AvgIpc) is 3.16. The van der Waals surface area contributed by atoms with Gasteiger partial charge in [0.15, 0.2) is 5.82 Å². The third kappa shape index (κ3) is 5.32. The van der Waals surface area contributed by atoms with Gasteiger partial charge in [-0.3, -0.25) is 14.9 Å². The molecule has 0 aromatic heterocycles. The summed E-state index contributed by atoms with van der Waals surface area (Å²) in [5, 5.41) is 13.7. The Bertz CT molecular complexity index is 1230. The number of aliphatic carboxylic acids is 1. The largest absolute Gasteiger partial charge is 0.481 e. The SMILES string of the molecule is CC(CCC(=O)O)NC(=O)c1cccc(NC(=O)OCC2c3ccccc3-c3ccccc32)c1F. The third-order valence-corrected chi connectivity index (χ3v) is 5.99. The number of ether oxygens (including phenoxy) is 1. The number of hydrogen-bond acceptors (Lipinski definition) is 4. The second-order valence-corrected chi connectivity index (χ2v) is 8.42. The number of rotatable bonds is 8. The van der Waals surface area contributed by atoms with Crippen molar-refractivity contribution in [1.82, 2.24) is 5.32 Å². The number of carbonyl (C=O) groups is 3. The van der Waals surface area contributed by atoms with Gasteiger partial charge in [0.05, 0.1) is 11.3 Å². The van der Waals surface area contributed by atoms with E-state index < -0.39 is 29.8 Å². The number of anilines is 1. The van der Waals surface area contributed by atoms with E-state index in [0.717, 1.165) is 22.3 Å². The number of benzene rings is 3. The number of halogens is 1. The fraction of sp³-hybridized carbons (Fsp3) is 0.222. The quantitative estimate of drug-likeness (QED) is 0.416. The van der Waals surface area contributed by atoms with Crippen LogP contribution in [0.2, 0.25) is 0 Å². The van der Waals surface area contributed by atoms with Crippen molar-refractivity contribution < 1.29 is 28.6 Å². The van der Waals surface area contributed by atoms with E-state index in [4.69, 9.17) is 9.84 Å². The first kappa shape index (κ1) is 23.9. The van der Waals surface area contributed by atoms with Crippen LogP contribution in [0.25, 0.3) is 11.1 Å². The minimum atomic E-state index is -0.980. The maximum absolute atomic E-state index is 15.0. The number of carbonyl (C=O) groups excluding carboxylic acids is 2. The molecule has 0 aliphatic heterocycles. The highest BCUT2D eigenvalue weighted by molar-refractivity contribution is 5.97. The molecule has 0 saturated heterocycles. The molecule has 8 heteroatoms. The molecule has 3 aromatic carbocycles. The minimum Gasteiger partial charge on any atom is -0.481 e. The smallest absolute Gasteiger partial charge is 0.411 e. The van der Waals surface area contributed by atoms with Gasteiger partial charge in [-0.2, -0.15) is 0 Å². The van der Waals surface area contributed by atoms with Gasteiger partial charge in [-0.1, -0.05) is 54.6 Å². The molecule has 7 nitrogen and oxygen atoms in total. The van der Waals surface area contributed by atoms with Gasteiger partial charge >= 0.3 is 12.1 Å². The summed E-state index contributed by atoms with van der Waals surface area (Å²) in [4.78, 5) is 35.6. The maximum Gasteiger partial charge on any atom is 0.411 e. The lowest BCUT2D eigenvalue weighted by molar-refractivity contribution is -0.137. The van der Waals surface area contributed by atoms with E-state index in [1.54, 1.807) is 6.92 Å². The molecule has 35 heavy (non-hydrogen) atoms. The molecule has 0 spiro atoms.